The van der Waals surface area contributed by atoms with E-state index in [1.807, 2.05) is 4.72 Å². The Labute approximate surface area is 126 Å². The number of carbonyl (C=O) groups is 2. The molecule has 7 nitrogen and oxygen atoms in total. The number of nitriles is 1. The molecule has 2 rings (SSSR count). The van der Waals surface area contributed by atoms with E-state index < -0.39 is 15.9 Å². The number of benzene rings is 1. The van der Waals surface area contributed by atoms with Crippen molar-refractivity contribution in [2.45, 2.75) is 11.8 Å². The summed E-state index contributed by atoms with van der Waals surface area (Å²) in [5.74, 6) is -1.07. The van der Waals surface area contributed by atoms with E-state index in [0.717, 1.165) is 0 Å². The fraction of sp³-hybridized carbons (Fsp3) is 0.0714. The number of hydrogen-bond acceptors (Lipinski definition) is 5. The molecule has 0 fully saturated rings. The Kier molecular flexibility index (Phi) is 4.10. The molecule has 0 saturated carbocycles. The third-order valence-electron chi connectivity index (χ3n) is 2.85. The van der Waals surface area contributed by atoms with Gasteiger partial charge in [0.05, 0.1) is 4.90 Å². The summed E-state index contributed by atoms with van der Waals surface area (Å²) in [5.41, 5.74) is 0.474. The van der Waals surface area contributed by atoms with Crippen molar-refractivity contribution in [3.63, 3.8) is 0 Å². The number of aromatic amines is 1. The lowest BCUT2D eigenvalue weighted by molar-refractivity contribution is 0.0975. The Bertz CT molecular complexity index is 874. The van der Waals surface area contributed by atoms with Crippen LogP contribution in [0.2, 0.25) is 0 Å². The van der Waals surface area contributed by atoms with E-state index in [1.165, 1.54) is 43.3 Å². The van der Waals surface area contributed by atoms with E-state index in [1.54, 1.807) is 6.07 Å². The summed E-state index contributed by atoms with van der Waals surface area (Å²) in [4.78, 5) is 25.3. The van der Waals surface area contributed by atoms with Crippen molar-refractivity contribution >= 4 is 21.7 Å². The summed E-state index contributed by atoms with van der Waals surface area (Å²) in [6, 6.07) is 9.67. The number of nitrogens with one attached hydrogen (secondary N) is 2. The zero-order valence-corrected chi connectivity index (χ0v) is 12.3. The standard InChI is InChI=1S/C14H11N3O4S/c1-9(18)10-2-5-12(6-3-10)22(20,21)17-14(19)13-7-4-11(8-15)16-13/h2-7,16H,1H3,(H,17,19). The maximum Gasteiger partial charge on any atom is 0.281 e. The fourth-order valence-corrected chi connectivity index (χ4v) is 2.66. The first-order valence-corrected chi connectivity index (χ1v) is 7.59. The SMILES string of the molecule is CC(=O)c1ccc(S(=O)(=O)NC(=O)c2ccc(C#N)[nH]2)cc1. The van der Waals surface area contributed by atoms with Crippen LogP contribution in [0.5, 0.6) is 0 Å². The van der Waals surface area contributed by atoms with Crippen LogP contribution in [0.1, 0.15) is 33.5 Å². The number of sulfonamides is 1. The van der Waals surface area contributed by atoms with Gasteiger partial charge >= 0.3 is 0 Å². The van der Waals surface area contributed by atoms with Crippen molar-refractivity contribution in [2.75, 3.05) is 0 Å². The van der Waals surface area contributed by atoms with Gasteiger partial charge in [-0.05, 0) is 31.2 Å². The quantitative estimate of drug-likeness (QED) is 0.821. The predicted molar refractivity (Wildman–Crippen MR) is 76.6 cm³/mol. The topological polar surface area (TPSA) is 120 Å². The molecule has 0 unspecified atom stereocenters. The average Bonchev–Trinajstić information content (AvgIpc) is 2.96. The fourth-order valence-electron chi connectivity index (χ4n) is 1.70. The van der Waals surface area contributed by atoms with Crippen LogP contribution in [0, 0.1) is 11.3 Å². The molecule has 0 aliphatic heterocycles. The van der Waals surface area contributed by atoms with Gasteiger partial charge in [0.1, 0.15) is 17.5 Å². The Morgan fingerprint density at radius 2 is 1.77 bits per heavy atom. The minimum atomic E-state index is -4.06. The molecule has 0 spiro atoms. The first kappa shape index (κ1) is 15.5. The molecule has 112 valence electrons. The second-order valence-corrected chi connectivity index (χ2v) is 6.10. The lowest BCUT2D eigenvalue weighted by Gasteiger charge is -2.06. The number of ketones is 1. The minimum absolute atomic E-state index is 0.0412. The van der Waals surface area contributed by atoms with E-state index in [-0.39, 0.29) is 22.1 Å². The summed E-state index contributed by atoms with van der Waals surface area (Å²) in [6.07, 6.45) is 0. The second kappa shape index (κ2) is 5.83. The number of Topliss-reactive ketones (excluding diaryl/α,β-unsaturated/α-hetero) is 1. The summed E-state index contributed by atoms with van der Waals surface area (Å²) < 4.78 is 26.0. The molecule has 1 heterocycles. The molecule has 0 aliphatic carbocycles. The van der Waals surface area contributed by atoms with Crippen LogP contribution in [0.3, 0.4) is 0 Å². The maximum atomic E-state index is 12.1. The third kappa shape index (κ3) is 3.21. The van der Waals surface area contributed by atoms with Gasteiger partial charge in [0.25, 0.3) is 15.9 Å². The molecule has 0 aliphatic rings. The number of nitrogens with zero attached hydrogens (tertiary/aromatic N) is 1. The highest BCUT2D eigenvalue weighted by molar-refractivity contribution is 7.90. The molecule has 2 N–H and O–H groups in total. The van der Waals surface area contributed by atoms with Gasteiger partial charge in [-0.2, -0.15) is 5.26 Å². The molecule has 2 aromatic rings. The predicted octanol–water partition coefficient (Wildman–Crippen LogP) is 1.21. The molecular weight excluding hydrogens is 306 g/mol. The minimum Gasteiger partial charge on any atom is -0.342 e. The number of amides is 1. The first-order chi connectivity index (χ1) is 10.3. The van der Waals surface area contributed by atoms with Crippen molar-refractivity contribution in [3.05, 3.63) is 53.3 Å². The number of hydrogen-bond donors (Lipinski definition) is 2. The van der Waals surface area contributed by atoms with Crippen molar-refractivity contribution in [1.29, 1.82) is 5.26 Å². The zero-order valence-electron chi connectivity index (χ0n) is 11.5. The summed E-state index contributed by atoms with van der Waals surface area (Å²) >= 11 is 0. The van der Waals surface area contributed by atoms with Gasteiger partial charge in [-0.25, -0.2) is 13.1 Å². The van der Waals surface area contributed by atoms with Crippen LogP contribution in [-0.2, 0) is 10.0 Å². The second-order valence-electron chi connectivity index (χ2n) is 4.41. The average molecular weight is 317 g/mol. The molecule has 1 amide bonds. The van der Waals surface area contributed by atoms with E-state index >= 15 is 0 Å². The zero-order chi connectivity index (χ0) is 16.3. The highest BCUT2D eigenvalue weighted by Crippen LogP contribution is 2.12. The largest absolute Gasteiger partial charge is 0.342 e. The van der Waals surface area contributed by atoms with E-state index in [2.05, 4.69) is 4.98 Å². The summed E-state index contributed by atoms with van der Waals surface area (Å²) in [7, 11) is -4.06. The Balaban J connectivity index is 2.22. The molecule has 0 bridgehead atoms. The molecule has 1 aromatic heterocycles. The van der Waals surface area contributed by atoms with E-state index in [9.17, 15) is 18.0 Å². The number of rotatable bonds is 4. The van der Waals surface area contributed by atoms with Gasteiger partial charge in [0.2, 0.25) is 0 Å². The monoisotopic (exact) mass is 317 g/mol. The van der Waals surface area contributed by atoms with Crippen LogP contribution in [0.25, 0.3) is 0 Å². The van der Waals surface area contributed by atoms with Crippen molar-refractivity contribution in [1.82, 2.24) is 9.71 Å². The Morgan fingerprint density at radius 3 is 2.27 bits per heavy atom. The molecule has 0 atom stereocenters. The lowest BCUT2D eigenvalue weighted by Crippen LogP contribution is -2.30. The molecule has 0 saturated heterocycles. The maximum absolute atomic E-state index is 12.1. The van der Waals surface area contributed by atoms with E-state index in [0.29, 0.717) is 5.56 Å². The Hall–Kier alpha value is -2.92. The van der Waals surface area contributed by atoms with Gasteiger partial charge in [0, 0.05) is 5.56 Å². The summed E-state index contributed by atoms with van der Waals surface area (Å²) in [6.45, 7) is 1.36. The smallest absolute Gasteiger partial charge is 0.281 e. The molecule has 8 heteroatoms. The highest BCUT2D eigenvalue weighted by Gasteiger charge is 2.19. The molecule has 0 radical (unpaired) electrons. The van der Waals surface area contributed by atoms with Gasteiger partial charge in [-0.15, -0.1) is 0 Å². The van der Waals surface area contributed by atoms with Crippen molar-refractivity contribution < 1.29 is 18.0 Å². The molecular formula is C14H11N3O4S. The van der Waals surface area contributed by atoms with Crippen molar-refractivity contribution in [3.8, 4) is 6.07 Å². The number of aromatic nitrogens is 1. The normalized spacial score (nSPS) is 10.7. The van der Waals surface area contributed by atoms with Gasteiger partial charge < -0.3 is 4.98 Å². The van der Waals surface area contributed by atoms with Crippen LogP contribution in [-0.4, -0.2) is 25.1 Å². The molecule has 22 heavy (non-hydrogen) atoms. The van der Waals surface area contributed by atoms with Gasteiger partial charge in [-0.3, -0.25) is 9.59 Å². The number of H-pyrrole nitrogens is 1. The summed E-state index contributed by atoms with van der Waals surface area (Å²) in [5, 5.41) is 8.66. The Morgan fingerprint density at radius 1 is 1.14 bits per heavy atom. The van der Waals surface area contributed by atoms with E-state index in [4.69, 9.17) is 5.26 Å². The van der Waals surface area contributed by atoms with Crippen molar-refractivity contribution in [2.24, 2.45) is 0 Å². The van der Waals surface area contributed by atoms with Gasteiger partial charge in [-0.1, -0.05) is 12.1 Å². The first-order valence-electron chi connectivity index (χ1n) is 6.11. The van der Waals surface area contributed by atoms with Crippen LogP contribution in [0.15, 0.2) is 41.3 Å². The molecule has 1 aromatic carbocycles. The highest BCUT2D eigenvalue weighted by atomic mass is 32.2. The number of carbonyl (C=O) groups excluding carboxylic acids is 2. The van der Waals surface area contributed by atoms with Crippen LogP contribution in [0.4, 0.5) is 0 Å². The third-order valence-corrected chi connectivity index (χ3v) is 4.20. The van der Waals surface area contributed by atoms with Crippen LogP contribution < -0.4 is 4.72 Å². The lowest BCUT2D eigenvalue weighted by atomic mass is 10.2. The van der Waals surface area contributed by atoms with Gasteiger partial charge in [0.15, 0.2) is 5.78 Å². The van der Waals surface area contributed by atoms with Crippen LogP contribution >= 0.6 is 0 Å².